The lowest BCUT2D eigenvalue weighted by Crippen LogP contribution is -2.30. The Kier molecular flexibility index (Phi) is 5.73. The molecule has 2 amide bonds. The molecule has 0 spiro atoms. The molecule has 0 aliphatic carbocycles. The highest BCUT2D eigenvalue weighted by molar-refractivity contribution is 7.12. The van der Waals surface area contributed by atoms with E-state index in [0.29, 0.717) is 5.56 Å². The van der Waals surface area contributed by atoms with E-state index < -0.39 is 0 Å². The van der Waals surface area contributed by atoms with Crippen LogP contribution >= 0.6 is 11.3 Å². The number of benzene rings is 2. The normalized spacial score (nSPS) is 16.0. The summed E-state index contributed by atoms with van der Waals surface area (Å²) in [6.07, 6.45) is 1.97. The van der Waals surface area contributed by atoms with Gasteiger partial charge in [-0.1, -0.05) is 36.4 Å². The summed E-state index contributed by atoms with van der Waals surface area (Å²) >= 11 is 1.52. The summed E-state index contributed by atoms with van der Waals surface area (Å²) in [6.45, 7) is 2.78. The highest BCUT2D eigenvalue weighted by atomic mass is 32.1. The Hall–Kier alpha value is -2.92. The Labute approximate surface area is 181 Å². The predicted molar refractivity (Wildman–Crippen MR) is 122 cm³/mol. The molecule has 0 bridgehead atoms. The van der Waals surface area contributed by atoms with Crippen LogP contribution in [0.4, 0.5) is 0 Å². The van der Waals surface area contributed by atoms with Crippen LogP contribution in [0.25, 0.3) is 11.1 Å². The number of amides is 2. The molecule has 2 aromatic carbocycles. The molecule has 1 atom stereocenters. The van der Waals surface area contributed by atoms with Crippen molar-refractivity contribution in [2.45, 2.75) is 25.8 Å². The van der Waals surface area contributed by atoms with Crippen molar-refractivity contribution in [2.24, 2.45) is 0 Å². The number of likely N-dealkylation sites (tertiary alicyclic amines) is 1. The topological polar surface area (TPSA) is 40.6 Å². The fraction of sp³-hybridized carbons (Fsp3) is 0.280. The highest BCUT2D eigenvalue weighted by Crippen LogP contribution is 2.39. The summed E-state index contributed by atoms with van der Waals surface area (Å²) < 4.78 is 0. The lowest BCUT2D eigenvalue weighted by molar-refractivity contribution is 0.0739. The smallest absolute Gasteiger partial charge is 0.264 e. The van der Waals surface area contributed by atoms with Gasteiger partial charge in [-0.2, -0.15) is 0 Å². The fourth-order valence-electron chi connectivity index (χ4n) is 4.16. The number of hydrogen-bond acceptors (Lipinski definition) is 3. The van der Waals surface area contributed by atoms with E-state index in [1.807, 2.05) is 59.7 Å². The molecular weight excluding hydrogens is 392 g/mol. The van der Waals surface area contributed by atoms with E-state index in [2.05, 4.69) is 12.1 Å². The second kappa shape index (κ2) is 8.44. The molecule has 1 aliphatic heterocycles. The van der Waals surface area contributed by atoms with Crippen LogP contribution in [0.5, 0.6) is 0 Å². The molecule has 1 saturated heterocycles. The minimum atomic E-state index is -0.00582. The Morgan fingerprint density at radius 3 is 2.43 bits per heavy atom. The highest BCUT2D eigenvalue weighted by Gasteiger charge is 2.33. The molecule has 5 heteroatoms. The molecule has 3 aromatic rings. The van der Waals surface area contributed by atoms with Gasteiger partial charge in [0.15, 0.2) is 0 Å². The lowest BCUT2D eigenvalue weighted by atomic mass is 9.93. The Morgan fingerprint density at radius 2 is 1.77 bits per heavy atom. The van der Waals surface area contributed by atoms with E-state index in [-0.39, 0.29) is 17.9 Å². The van der Waals surface area contributed by atoms with Crippen LogP contribution in [0.3, 0.4) is 0 Å². The first-order valence-corrected chi connectivity index (χ1v) is 11.1. The molecule has 0 unspecified atom stereocenters. The predicted octanol–water partition coefficient (Wildman–Crippen LogP) is 5.40. The van der Waals surface area contributed by atoms with Crippen molar-refractivity contribution in [3.63, 3.8) is 0 Å². The van der Waals surface area contributed by atoms with E-state index in [9.17, 15) is 9.59 Å². The number of nitrogens with zero attached hydrogens (tertiary/aromatic N) is 2. The van der Waals surface area contributed by atoms with Gasteiger partial charge in [-0.15, -0.1) is 11.3 Å². The van der Waals surface area contributed by atoms with Gasteiger partial charge < -0.3 is 9.80 Å². The first-order chi connectivity index (χ1) is 14.5. The van der Waals surface area contributed by atoms with Gasteiger partial charge in [-0.3, -0.25) is 9.59 Å². The van der Waals surface area contributed by atoms with Gasteiger partial charge in [0.25, 0.3) is 11.8 Å². The summed E-state index contributed by atoms with van der Waals surface area (Å²) in [5.74, 6) is 0.125. The average Bonchev–Trinajstić information content (AvgIpc) is 3.42. The van der Waals surface area contributed by atoms with Crippen LogP contribution in [0.15, 0.2) is 60.0 Å². The van der Waals surface area contributed by atoms with Gasteiger partial charge in [-0.25, -0.2) is 0 Å². The SMILES string of the molecule is Cc1ccsc1C(=O)N1CCC[C@H]1c1ccccc1-c1ccc(C(=O)N(C)C)cc1. The number of carbonyl (C=O) groups is 2. The molecule has 0 N–H and O–H groups in total. The van der Waals surface area contributed by atoms with Crippen LogP contribution < -0.4 is 0 Å². The van der Waals surface area contributed by atoms with Crippen molar-refractivity contribution in [2.75, 3.05) is 20.6 Å². The zero-order chi connectivity index (χ0) is 21.3. The van der Waals surface area contributed by atoms with Gasteiger partial charge >= 0.3 is 0 Å². The van der Waals surface area contributed by atoms with Gasteiger partial charge in [0.1, 0.15) is 0 Å². The molecule has 1 aromatic heterocycles. The van der Waals surface area contributed by atoms with Crippen molar-refractivity contribution < 1.29 is 9.59 Å². The Bertz CT molecular complexity index is 1070. The number of thiophene rings is 1. The summed E-state index contributed by atoms with van der Waals surface area (Å²) in [5, 5.41) is 1.98. The molecule has 1 fully saturated rings. The molecular formula is C25H26N2O2S. The maximum absolute atomic E-state index is 13.2. The zero-order valence-electron chi connectivity index (χ0n) is 17.6. The zero-order valence-corrected chi connectivity index (χ0v) is 18.4. The van der Waals surface area contributed by atoms with E-state index in [0.717, 1.165) is 41.0 Å². The second-order valence-corrected chi connectivity index (χ2v) is 8.87. The van der Waals surface area contributed by atoms with Gasteiger partial charge in [0.2, 0.25) is 0 Å². The monoisotopic (exact) mass is 418 g/mol. The molecule has 154 valence electrons. The third kappa shape index (κ3) is 3.77. The standard InChI is InChI=1S/C25H26N2O2S/c1-17-14-16-30-23(17)25(29)27-15-6-9-22(27)21-8-5-4-7-20(21)18-10-12-19(13-11-18)24(28)26(2)3/h4-5,7-8,10-14,16,22H,6,9,15H2,1-3H3/t22-/m0/s1. The third-order valence-electron chi connectivity index (χ3n) is 5.74. The second-order valence-electron chi connectivity index (χ2n) is 7.95. The molecule has 0 radical (unpaired) electrons. The molecule has 4 rings (SSSR count). The van der Waals surface area contributed by atoms with Crippen LogP contribution in [0, 0.1) is 6.92 Å². The number of carbonyl (C=O) groups excluding carboxylic acids is 2. The summed E-state index contributed by atoms with van der Waals surface area (Å²) in [7, 11) is 3.51. The first kappa shape index (κ1) is 20.4. The number of aryl methyl sites for hydroxylation is 1. The van der Waals surface area contributed by atoms with Crippen LogP contribution in [0.2, 0.25) is 0 Å². The van der Waals surface area contributed by atoms with Crippen LogP contribution in [-0.2, 0) is 0 Å². The first-order valence-electron chi connectivity index (χ1n) is 10.2. The van der Waals surface area contributed by atoms with Gasteiger partial charge in [-0.05, 0) is 65.6 Å². The minimum absolute atomic E-state index is 0.00582. The van der Waals surface area contributed by atoms with Crippen LogP contribution in [-0.4, -0.2) is 42.3 Å². The van der Waals surface area contributed by atoms with Crippen molar-refractivity contribution in [3.05, 3.63) is 81.5 Å². The summed E-state index contributed by atoms with van der Waals surface area (Å²) in [4.78, 5) is 29.9. The third-order valence-corrected chi connectivity index (χ3v) is 6.74. The number of rotatable bonds is 4. The van der Waals surface area contributed by atoms with Crippen LogP contribution in [0.1, 0.15) is 50.0 Å². The van der Waals surface area contributed by atoms with Gasteiger partial charge in [0.05, 0.1) is 10.9 Å². The number of hydrogen-bond donors (Lipinski definition) is 0. The lowest BCUT2D eigenvalue weighted by Gasteiger charge is -2.27. The van der Waals surface area contributed by atoms with E-state index >= 15 is 0 Å². The molecule has 2 heterocycles. The molecule has 0 saturated carbocycles. The maximum Gasteiger partial charge on any atom is 0.264 e. The van der Waals surface area contributed by atoms with Crippen molar-refractivity contribution in [3.8, 4) is 11.1 Å². The van der Waals surface area contributed by atoms with E-state index in [1.165, 1.54) is 16.9 Å². The Balaban J connectivity index is 1.67. The quantitative estimate of drug-likeness (QED) is 0.569. The average molecular weight is 419 g/mol. The molecule has 30 heavy (non-hydrogen) atoms. The molecule has 1 aliphatic rings. The van der Waals surface area contributed by atoms with E-state index in [4.69, 9.17) is 0 Å². The van der Waals surface area contributed by atoms with E-state index in [1.54, 1.807) is 19.0 Å². The van der Waals surface area contributed by atoms with Crippen molar-refractivity contribution >= 4 is 23.2 Å². The van der Waals surface area contributed by atoms with Gasteiger partial charge in [0, 0.05) is 26.2 Å². The largest absolute Gasteiger partial charge is 0.345 e. The fourth-order valence-corrected chi connectivity index (χ4v) is 5.04. The van der Waals surface area contributed by atoms with Crippen molar-refractivity contribution in [1.29, 1.82) is 0 Å². The minimum Gasteiger partial charge on any atom is -0.345 e. The molecule has 4 nitrogen and oxygen atoms in total. The van der Waals surface area contributed by atoms with Crippen molar-refractivity contribution in [1.82, 2.24) is 9.80 Å². The summed E-state index contributed by atoms with van der Waals surface area (Å²) in [5.41, 5.74) is 5.07. The Morgan fingerprint density at radius 1 is 1.03 bits per heavy atom. The maximum atomic E-state index is 13.2. The summed E-state index contributed by atoms with van der Waals surface area (Å²) in [6, 6.07) is 18.1.